The van der Waals surface area contributed by atoms with E-state index in [1.807, 2.05) is 0 Å². The van der Waals surface area contributed by atoms with Crippen LogP contribution in [0.2, 0.25) is 0 Å². The summed E-state index contributed by atoms with van der Waals surface area (Å²) in [7, 11) is 0. The molecule has 1 N–H and O–H groups in total. The molecule has 0 heterocycles. The van der Waals surface area contributed by atoms with Gasteiger partial charge in [-0.15, -0.1) is 0 Å². The number of halogens is 1. The quantitative estimate of drug-likeness (QED) is 0.628. The van der Waals surface area contributed by atoms with Crippen molar-refractivity contribution in [1.82, 2.24) is 0 Å². The first kappa shape index (κ1) is 11.0. The lowest BCUT2D eigenvalue weighted by molar-refractivity contribution is 0.0698. The highest BCUT2D eigenvalue weighted by molar-refractivity contribution is 7.82. The number of para-hydroxylation sites is 1. The highest BCUT2D eigenvalue weighted by Gasteiger charge is 2.14. The van der Waals surface area contributed by atoms with Crippen molar-refractivity contribution < 1.29 is 18.7 Å². The zero-order chi connectivity index (χ0) is 10.7. The SMILES string of the molecule is O=C(O)c1ccccc1N(Cl)S(=O)[O-]. The molecule has 0 spiro atoms. The van der Waals surface area contributed by atoms with E-state index in [-0.39, 0.29) is 11.3 Å². The zero-order valence-electron chi connectivity index (χ0n) is 6.71. The van der Waals surface area contributed by atoms with Gasteiger partial charge in [0.25, 0.3) is 0 Å². The summed E-state index contributed by atoms with van der Waals surface area (Å²) in [5.41, 5.74) is -0.262. The standard InChI is InChI=1S/C7H6ClNO4S/c8-9(14(12)13)6-4-2-1-3-5(6)7(10)11/h1-4H,(H,10,11)(H,12,13)/p-1. The minimum absolute atomic E-state index is 0.0880. The lowest BCUT2D eigenvalue weighted by Gasteiger charge is -2.18. The number of carboxylic acids is 1. The molecule has 76 valence electrons. The topological polar surface area (TPSA) is 80.7 Å². The van der Waals surface area contributed by atoms with Gasteiger partial charge in [0.2, 0.25) is 0 Å². The van der Waals surface area contributed by atoms with E-state index < -0.39 is 17.2 Å². The minimum Gasteiger partial charge on any atom is -0.754 e. The molecule has 0 aliphatic carbocycles. The molecule has 0 saturated carbocycles. The Hall–Kier alpha value is -1.11. The number of anilines is 1. The van der Waals surface area contributed by atoms with Gasteiger partial charge in [-0.3, -0.25) is 4.21 Å². The van der Waals surface area contributed by atoms with Crippen LogP contribution in [0, 0.1) is 0 Å². The minimum atomic E-state index is -2.70. The lowest BCUT2D eigenvalue weighted by Crippen LogP contribution is -2.16. The van der Waals surface area contributed by atoms with Crippen molar-refractivity contribution in [2.24, 2.45) is 0 Å². The van der Waals surface area contributed by atoms with Crippen molar-refractivity contribution in [2.75, 3.05) is 3.82 Å². The summed E-state index contributed by atoms with van der Waals surface area (Å²) >= 11 is 2.64. The van der Waals surface area contributed by atoms with Gasteiger partial charge < -0.3 is 9.66 Å². The molecule has 0 amide bonds. The predicted octanol–water partition coefficient (Wildman–Crippen LogP) is 1.14. The highest BCUT2D eigenvalue weighted by atomic mass is 35.5. The smallest absolute Gasteiger partial charge is 0.337 e. The molecule has 0 aliphatic heterocycles. The summed E-state index contributed by atoms with van der Waals surface area (Å²) < 4.78 is 21.3. The first-order chi connectivity index (χ1) is 6.54. The molecule has 1 rings (SSSR count). The third-order valence-electron chi connectivity index (χ3n) is 1.45. The van der Waals surface area contributed by atoms with Gasteiger partial charge in [-0.2, -0.15) is 0 Å². The number of carbonyl (C=O) groups is 1. The Morgan fingerprint density at radius 1 is 1.50 bits per heavy atom. The van der Waals surface area contributed by atoms with Crippen LogP contribution < -0.4 is 3.82 Å². The first-order valence-electron chi connectivity index (χ1n) is 3.41. The van der Waals surface area contributed by atoms with Crippen molar-refractivity contribution in [2.45, 2.75) is 0 Å². The summed E-state index contributed by atoms with van der Waals surface area (Å²) in [5.74, 6) is -1.24. The second-order valence-corrected chi connectivity index (χ2v) is 3.62. The van der Waals surface area contributed by atoms with Crippen LogP contribution in [0.1, 0.15) is 10.4 Å². The second-order valence-electron chi connectivity index (χ2n) is 2.28. The van der Waals surface area contributed by atoms with E-state index in [4.69, 9.17) is 16.9 Å². The maximum Gasteiger partial charge on any atom is 0.337 e. The molecule has 14 heavy (non-hydrogen) atoms. The average Bonchev–Trinajstić information content (AvgIpc) is 2.16. The third-order valence-corrected chi connectivity index (χ3v) is 2.43. The monoisotopic (exact) mass is 234 g/mol. The van der Waals surface area contributed by atoms with Crippen LogP contribution in [0.4, 0.5) is 5.69 Å². The van der Waals surface area contributed by atoms with Gasteiger partial charge in [0.05, 0.1) is 22.5 Å². The van der Waals surface area contributed by atoms with E-state index >= 15 is 0 Å². The van der Waals surface area contributed by atoms with E-state index in [2.05, 4.69) is 0 Å². The van der Waals surface area contributed by atoms with E-state index in [1.54, 1.807) is 0 Å². The van der Waals surface area contributed by atoms with Crippen molar-refractivity contribution in [3.8, 4) is 0 Å². The Morgan fingerprint density at radius 2 is 2.07 bits per heavy atom. The molecule has 0 bridgehead atoms. The number of aromatic carboxylic acids is 1. The van der Waals surface area contributed by atoms with E-state index in [9.17, 15) is 13.6 Å². The predicted molar refractivity (Wildman–Crippen MR) is 50.7 cm³/mol. The molecule has 7 heteroatoms. The lowest BCUT2D eigenvalue weighted by atomic mass is 10.2. The fourth-order valence-corrected chi connectivity index (χ4v) is 1.36. The summed E-state index contributed by atoms with van der Waals surface area (Å²) in [6, 6.07) is 5.53. The fraction of sp³-hybridized carbons (Fsp3) is 0. The van der Waals surface area contributed by atoms with Gasteiger partial charge in [0.15, 0.2) is 0 Å². The molecule has 1 atom stereocenters. The first-order valence-corrected chi connectivity index (χ1v) is 4.78. The number of carboxylic acid groups (broad SMARTS) is 1. The Bertz CT molecular complexity index is 384. The van der Waals surface area contributed by atoms with E-state index in [0.717, 1.165) is 0 Å². The number of rotatable bonds is 3. The van der Waals surface area contributed by atoms with Crippen LogP contribution >= 0.6 is 11.8 Å². The van der Waals surface area contributed by atoms with Crippen LogP contribution in [0.3, 0.4) is 0 Å². The number of benzene rings is 1. The highest BCUT2D eigenvalue weighted by Crippen LogP contribution is 2.22. The number of nitrogens with zero attached hydrogens (tertiary/aromatic N) is 1. The Morgan fingerprint density at radius 3 is 2.57 bits per heavy atom. The van der Waals surface area contributed by atoms with Crippen LogP contribution in [0.25, 0.3) is 0 Å². The molecule has 1 unspecified atom stereocenters. The van der Waals surface area contributed by atoms with Crippen LogP contribution in [0.15, 0.2) is 24.3 Å². The van der Waals surface area contributed by atoms with Gasteiger partial charge in [-0.1, -0.05) is 12.1 Å². The summed E-state index contributed by atoms with van der Waals surface area (Å²) in [5, 5.41) is 8.71. The van der Waals surface area contributed by atoms with Crippen LogP contribution in [-0.4, -0.2) is 19.8 Å². The van der Waals surface area contributed by atoms with Crippen LogP contribution in [-0.2, 0) is 11.3 Å². The summed E-state index contributed by atoms with van der Waals surface area (Å²) in [6.45, 7) is 0. The zero-order valence-corrected chi connectivity index (χ0v) is 8.29. The molecule has 0 radical (unpaired) electrons. The van der Waals surface area contributed by atoms with Crippen molar-refractivity contribution in [3.05, 3.63) is 29.8 Å². The average molecular weight is 235 g/mol. The summed E-state index contributed by atoms with van der Waals surface area (Å²) in [6.07, 6.45) is 0. The van der Waals surface area contributed by atoms with Crippen LogP contribution in [0.5, 0.6) is 0 Å². The van der Waals surface area contributed by atoms with E-state index in [1.165, 1.54) is 24.3 Å². The molecule has 1 aromatic rings. The Labute approximate surface area is 87.4 Å². The molecule has 1 aromatic carbocycles. The normalized spacial score (nSPS) is 12.1. The van der Waals surface area contributed by atoms with Gasteiger partial charge in [-0.25, -0.2) is 8.62 Å². The van der Waals surface area contributed by atoms with Crippen molar-refractivity contribution in [1.29, 1.82) is 0 Å². The van der Waals surface area contributed by atoms with Gasteiger partial charge in [0.1, 0.15) is 0 Å². The molecule has 5 nitrogen and oxygen atoms in total. The molecular weight excluding hydrogens is 230 g/mol. The van der Waals surface area contributed by atoms with Crippen molar-refractivity contribution >= 4 is 34.7 Å². The maximum absolute atomic E-state index is 10.7. The molecule has 0 saturated heterocycles. The fourth-order valence-electron chi connectivity index (χ4n) is 0.888. The third kappa shape index (κ3) is 2.22. The Balaban J connectivity index is 3.19. The molecule has 0 fully saturated rings. The maximum atomic E-state index is 10.7. The van der Waals surface area contributed by atoms with Gasteiger partial charge in [-0.05, 0) is 12.1 Å². The largest absolute Gasteiger partial charge is 0.754 e. The molecular formula is C7H5ClNO4S-. The van der Waals surface area contributed by atoms with Gasteiger partial charge >= 0.3 is 5.97 Å². The summed E-state index contributed by atoms with van der Waals surface area (Å²) in [4.78, 5) is 10.7. The van der Waals surface area contributed by atoms with E-state index in [0.29, 0.717) is 3.82 Å². The van der Waals surface area contributed by atoms with Crippen molar-refractivity contribution in [3.63, 3.8) is 0 Å². The van der Waals surface area contributed by atoms with Gasteiger partial charge in [0, 0.05) is 11.8 Å². The molecule has 0 aliphatic rings. The number of hydrogen-bond acceptors (Lipinski definition) is 3. The Kier molecular flexibility index (Phi) is 3.45. The molecule has 0 aromatic heterocycles. The number of hydrogen-bond donors (Lipinski definition) is 1. The second kappa shape index (κ2) is 4.41.